The van der Waals surface area contributed by atoms with Crippen LogP contribution in [0.1, 0.15) is 6.42 Å². The van der Waals surface area contributed by atoms with Crippen molar-refractivity contribution in [2.75, 3.05) is 31.3 Å². The molecule has 0 unspecified atom stereocenters. The fourth-order valence-electron chi connectivity index (χ4n) is 2.34. The summed E-state index contributed by atoms with van der Waals surface area (Å²) in [5.41, 5.74) is 1.18. The maximum Gasteiger partial charge on any atom is 0.281 e. The van der Waals surface area contributed by atoms with E-state index in [0.717, 1.165) is 5.75 Å². The number of nitrogens with zero attached hydrogens (tertiary/aromatic N) is 2. The number of thioether (sulfide) groups is 1. The first-order chi connectivity index (χ1) is 12.1. The van der Waals surface area contributed by atoms with Crippen molar-refractivity contribution in [2.24, 2.45) is 0 Å². The van der Waals surface area contributed by atoms with Crippen LogP contribution in [-0.2, 0) is 4.79 Å². The van der Waals surface area contributed by atoms with Gasteiger partial charge in [-0.25, -0.2) is 9.37 Å². The SMILES string of the molecule is COc1ccc(-c2csc(NC(=O)CCN3CCSC3=O)n2)cc1F. The highest BCUT2D eigenvalue weighted by atomic mass is 32.2. The molecule has 0 aliphatic carbocycles. The molecule has 1 saturated heterocycles. The summed E-state index contributed by atoms with van der Waals surface area (Å²) < 4.78 is 18.7. The molecule has 0 radical (unpaired) electrons. The Morgan fingerprint density at radius 1 is 1.48 bits per heavy atom. The number of benzene rings is 1. The molecule has 6 nitrogen and oxygen atoms in total. The smallest absolute Gasteiger partial charge is 0.281 e. The van der Waals surface area contributed by atoms with Gasteiger partial charge in [-0.2, -0.15) is 0 Å². The largest absolute Gasteiger partial charge is 0.494 e. The second-order valence-electron chi connectivity index (χ2n) is 5.29. The normalized spacial score (nSPS) is 14.0. The number of amides is 2. The Bertz CT molecular complexity index is 797. The molecule has 1 N–H and O–H groups in total. The number of thiazole rings is 1. The molecule has 1 aliphatic rings. The van der Waals surface area contributed by atoms with E-state index < -0.39 is 5.82 Å². The minimum Gasteiger partial charge on any atom is -0.494 e. The minimum atomic E-state index is -0.466. The summed E-state index contributed by atoms with van der Waals surface area (Å²) in [6.07, 6.45) is 0.221. The fraction of sp³-hybridized carbons (Fsp3) is 0.312. The molecule has 0 bridgehead atoms. The van der Waals surface area contributed by atoms with E-state index in [2.05, 4.69) is 10.3 Å². The number of carbonyl (C=O) groups is 2. The zero-order valence-electron chi connectivity index (χ0n) is 13.5. The lowest BCUT2D eigenvalue weighted by atomic mass is 10.1. The zero-order valence-corrected chi connectivity index (χ0v) is 15.1. The minimum absolute atomic E-state index is 0.0193. The van der Waals surface area contributed by atoms with Gasteiger partial charge in [-0.05, 0) is 18.2 Å². The van der Waals surface area contributed by atoms with Crippen molar-refractivity contribution in [1.82, 2.24) is 9.88 Å². The molecule has 1 aliphatic heterocycles. The Morgan fingerprint density at radius 3 is 3.00 bits per heavy atom. The van der Waals surface area contributed by atoms with Gasteiger partial charge in [0.05, 0.1) is 12.8 Å². The lowest BCUT2D eigenvalue weighted by molar-refractivity contribution is -0.116. The van der Waals surface area contributed by atoms with Crippen LogP contribution in [0.5, 0.6) is 5.75 Å². The van der Waals surface area contributed by atoms with Crippen LogP contribution in [0.3, 0.4) is 0 Å². The second-order valence-corrected chi connectivity index (χ2v) is 7.19. The van der Waals surface area contributed by atoms with Gasteiger partial charge in [-0.15, -0.1) is 11.3 Å². The standard InChI is InChI=1S/C16H16FN3O3S2/c1-23-13-3-2-10(8-11(13)17)12-9-25-15(18-12)19-14(21)4-5-20-6-7-24-16(20)22/h2-3,8-9H,4-7H2,1H3,(H,18,19,21). The van der Waals surface area contributed by atoms with Crippen molar-refractivity contribution in [1.29, 1.82) is 0 Å². The number of hydrogen-bond donors (Lipinski definition) is 1. The molecule has 25 heavy (non-hydrogen) atoms. The number of hydrogen-bond acceptors (Lipinski definition) is 6. The topological polar surface area (TPSA) is 71.5 Å². The van der Waals surface area contributed by atoms with Crippen LogP contribution in [0.25, 0.3) is 11.3 Å². The molecule has 9 heteroatoms. The van der Waals surface area contributed by atoms with E-state index in [4.69, 9.17) is 4.74 Å². The number of nitrogens with one attached hydrogen (secondary N) is 1. The molecule has 0 atom stereocenters. The van der Waals surface area contributed by atoms with Crippen molar-refractivity contribution in [2.45, 2.75) is 6.42 Å². The van der Waals surface area contributed by atoms with Crippen LogP contribution in [0, 0.1) is 5.82 Å². The van der Waals surface area contributed by atoms with Crippen molar-refractivity contribution in [3.63, 3.8) is 0 Å². The molecule has 2 aromatic rings. The van der Waals surface area contributed by atoms with Crippen molar-refractivity contribution in [3.8, 4) is 17.0 Å². The van der Waals surface area contributed by atoms with E-state index in [-0.39, 0.29) is 23.3 Å². The fourth-order valence-corrected chi connectivity index (χ4v) is 3.92. The predicted octanol–water partition coefficient (Wildman–Crippen LogP) is 3.46. The van der Waals surface area contributed by atoms with Gasteiger partial charge in [0.25, 0.3) is 5.24 Å². The average molecular weight is 381 g/mol. The van der Waals surface area contributed by atoms with Crippen molar-refractivity contribution >= 4 is 39.4 Å². The Balaban J connectivity index is 1.58. The molecule has 2 amide bonds. The third kappa shape index (κ3) is 4.29. The first-order valence-corrected chi connectivity index (χ1v) is 9.44. The third-order valence-electron chi connectivity index (χ3n) is 3.65. The van der Waals surface area contributed by atoms with Crippen molar-refractivity contribution in [3.05, 3.63) is 29.4 Å². The Labute approximate surface area is 152 Å². The van der Waals surface area contributed by atoms with E-state index in [1.807, 2.05) is 0 Å². The highest BCUT2D eigenvalue weighted by Crippen LogP contribution is 2.28. The van der Waals surface area contributed by atoms with Gasteiger partial charge in [0.2, 0.25) is 5.91 Å². The summed E-state index contributed by atoms with van der Waals surface area (Å²) in [5, 5.41) is 4.92. The quantitative estimate of drug-likeness (QED) is 0.830. The van der Waals surface area contributed by atoms with Gasteiger partial charge in [0, 0.05) is 36.2 Å². The van der Waals surface area contributed by atoms with E-state index in [1.54, 1.807) is 16.3 Å². The summed E-state index contributed by atoms with van der Waals surface area (Å²) >= 11 is 2.54. The van der Waals surface area contributed by atoms with Gasteiger partial charge in [0.1, 0.15) is 0 Å². The number of rotatable bonds is 6. The van der Waals surface area contributed by atoms with Crippen molar-refractivity contribution < 1.29 is 18.7 Å². The van der Waals surface area contributed by atoms with Gasteiger partial charge in [-0.1, -0.05) is 11.8 Å². The van der Waals surface area contributed by atoms with Crippen LogP contribution in [-0.4, -0.2) is 47.0 Å². The number of ether oxygens (including phenoxy) is 1. The van der Waals surface area contributed by atoms with Crippen LogP contribution >= 0.6 is 23.1 Å². The lowest BCUT2D eigenvalue weighted by Crippen LogP contribution is -2.27. The van der Waals surface area contributed by atoms with E-state index in [1.165, 1.54) is 42.3 Å². The van der Waals surface area contributed by atoms with Gasteiger partial charge in [0.15, 0.2) is 16.7 Å². The Hall–Kier alpha value is -2.13. The predicted molar refractivity (Wildman–Crippen MR) is 96.7 cm³/mol. The molecule has 1 fully saturated rings. The number of halogens is 1. The monoisotopic (exact) mass is 381 g/mol. The first kappa shape index (κ1) is 17.7. The Morgan fingerprint density at radius 2 is 2.32 bits per heavy atom. The van der Waals surface area contributed by atoms with Crippen LogP contribution in [0.4, 0.5) is 14.3 Å². The first-order valence-electron chi connectivity index (χ1n) is 7.58. The summed E-state index contributed by atoms with van der Waals surface area (Å²) in [6.45, 7) is 1.08. The average Bonchev–Trinajstić information content (AvgIpc) is 3.22. The molecule has 0 saturated carbocycles. The van der Waals surface area contributed by atoms with Gasteiger partial charge >= 0.3 is 0 Å². The second kappa shape index (κ2) is 7.83. The highest BCUT2D eigenvalue weighted by Gasteiger charge is 2.21. The zero-order chi connectivity index (χ0) is 17.8. The number of aromatic nitrogens is 1. The lowest BCUT2D eigenvalue weighted by Gasteiger charge is -2.13. The molecule has 1 aromatic carbocycles. The molecule has 3 rings (SSSR count). The molecular formula is C16H16FN3O3S2. The highest BCUT2D eigenvalue weighted by molar-refractivity contribution is 8.13. The van der Waals surface area contributed by atoms with Crippen LogP contribution in [0.2, 0.25) is 0 Å². The third-order valence-corrected chi connectivity index (χ3v) is 5.30. The van der Waals surface area contributed by atoms with E-state index in [0.29, 0.717) is 29.5 Å². The van der Waals surface area contributed by atoms with Crippen LogP contribution in [0.15, 0.2) is 23.6 Å². The Kier molecular flexibility index (Phi) is 5.54. The van der Waals surface area contributed by atoms with Gasteiger partial charge < -0.3 is 15.0 Å². The maximum atomic E-state index is 13.8. The number of methoxy groups -OCH3 is 1. The summed E-state index contributed by atoms with van der Waals surface area (Å²) in [6, 6.07) is 4.59. The number of carbonyl (C=O) groups excluding carboxylic acids is 2. The summed E-state index contributed by atoms with van der Waals surface area (Å²) in [7, 11) is 1.41. The summed E-state index contributed by atoms with van der Waals surface area (Å²) in [4.78, 5) is 29.4. The number of anilines is 1. The molecule has 2 heterocycles. The van der Waals surface area contributed by atoms with E-state index in [9.17, 15) is 14.0 Å². The summed E-state index contributed by atoms with van der Waals surface area (Å²) in [5.74, 6) is 0.273. The maximum absolute atomic E-state index is 13.8. The molecule has 0 spiro atoms. The van der Waals surface area contributed by atoms with Gasteiger partial charge in [-0.3, -0.25) is 9.59 Å². The van der Waals surface area contributed by atoms with E-state index >= 15 is 0 Å². The molecule has 132 valence electrons. The molecule has 1 aromatic heterocycles. The van der Waals surface area contributed by atoms with Crippen LogP contribution < -0.4 is 10.1 Å². The molecular weight excluding hydrogens is 365 g/mol.